The van der Waals surface area contributed by atoms with E-state index in [1.165, 1.54) is 38.5 Å². The molecule has 2 saturated carbocycles. The summed E-state index contributed by atoms with van der Waals surface area (Å²) in [6.45, 7) is 0. The smallest absolute Gasteiger partial charge is 0.0128 e. The zero-order valence-corrected chi connectivity index (χ0v) is 10.3. The lowest BCUT2D eigenvalue weighted by Crippen LogP contribution is -2.40. The summed E-state index contributed by atoms with van der Waals surface area (Å²) in [6.07, 6.45) is 7.54. The van der Waals surface area contributed by atoms with E-state index in [1.54, 1.807) is 0 Å². The third-order valence-electron chi connectivity index (χ3n) is 5.40. The summed E-state index contributed by atoms with van der Waals surface area (Å²) in [5, 5.41) is 0. The van der Waals surface area contributed by atoms with Crippen molar-refractivity contribution >= 4 is 0 Å². The van der Waals surface area contributed by atoms with Gasteiger partial charge >= 0.3 is 0 Å². The van der Waals surface area contributed by atoms with Gasteiger partial charge in [-0.15, -0.1) is 0 Å². The summed E-state index contributed by atoms with van der Waals surface area (Å²) in [5.41, 5.74) is 12.3. The lowest BCUT2D eigenvalue weighted by atomic mass is 9.71. The Balaban J connectivity index is 1.81. The zero-order chi connectivity index (χ0) is 11.3. The minimum absolute atomic E-state index is 0.451. The highest BCUT2D eigenvalue weighted by Crippen LogP contribution is 2.47. The number of rotatable bonds is 0. The number of hydrogen-bond acceptors (Lipinski definition) is 3. The monoisotopic (exact) mass is 223 g/mol. The molecule has 0 bridgehead atoms. The topological polar surface area (TPSA) is 55.3 Å². The Hall–Kier alpha value is -0.120. The van der Waals surface area contributed by atoms with Gasteiger partial charge in [-0.3, -0.25) is 4.90 Å². The molecule has 6 atom stereocenters. The molecule has 0 aromatic rings. The van der Waals surface area contributed by atoms with Crippen LogP contribution in [0.4, 0.5) is 0 Å². The molecule has 2 aliphatic carbocycles. The van der Waals surface area contributed by atoms with Crippen molar-refractivity contribution in [1.29, 1.82) is 0 Å². The lowest BCUT2D eigenvalue weighted by molar-refractivity contribution is 0.168. The molecule has 1 aliphatic heterocycles. The minimum atomic E-state index is 0.451. The van der Waals surface area contributed by atoms with Gasteiger partial charge in [0.25, 0.3) is 0 Å². The van der Waals surface area contributed by atoms with Crippen molar-refractivity contribution in [2.45, 2.75) is 62.7 Å². The largest absolute Gasteiger partial charge is 0.328 e. The van der Waals surface area contributed by atoms with E-state index in [9.17, 15) is 0 Å². The summed E-state index contributed by atoms with van der Waals surface area (Å²) in [6, 6.07) is 2.51. The second-order valence-electron chi connectivity index (χ2n) is 6.27. The molecule has 0 spiro atoms. The molecule has 1 heterocycles. The van der Waals surface area contributed by atoms with Gasteiger partial charge in [0.1, 0.15) is 0 Å². The molecule has 4 N–H and O–H groups in total. The maximum absolute atomic E-state index is 6.14. The normalized spacial score (nSPS) is 53.4. The highest BCUT2D eigenvalue weighted by molar-refractivity contribution is 5.04. The summed E-state index contributed by atoms with van der Waals surface area (Å²) < 4.78 is 0. The molecule has 3 nitrogen and oxygen atoms in total. The lowest BCUT2D eigenvalue weighted by Gasteiger charge is -2.35. The first kappa shape index (κ1) is 11.0. The molecule has 0 aromatic carbocycles. The van der Waals surface area contributed by atoms with Crippen LogP contribution in [-0.2, 0) is 0 Å². The van der Waals surface area contributed by atoms with E-state index < -0.39 is 0 Å². The first-order valence-corrected chi connectivity index (χ1v) is 6.90. The van der Waals surface area contributed by atoms with Crippen LogP contribution in [0, 0.1) is 11.8 Å². The van der Waals surface area contributed by atoms with Crippen molar-refractivity contribution in [3.05, 3.63) is 0 Å². The Kier molecular flexibility index (Phi) is 2.73. The zero-order valence-electron chi connectivity index (χ0n) is 10.3. The first-order chi connectivity index (χ1) is 7.66. The van der Waals surface area contributed by atoms with Gasteiger partial charge in [0.2, 0.25) is 0 Å². The average Bonchev–Trinajstić information content (AvgIpc) is 2.52. The van der Waals surface area contributed by atoms with Gasteiger partial charge in [-0.05, 0) is 57.4 Å². The summed E-state index contributed by atoms with van der Waals surface area (Å²) in [7, 11) is 2.33. The van der Waals surface area contributed by atoms with E-state index in [0.717, 1.165) is 23.9 Å². The van der Waals surface area contributed by atoms with Crippen LogP contribution in [0.15, 0.2) is 0 Å². The molecule has 3 rings (SSSR count). The van der Waals surface area contributed by atoms with Crippen LogP contribution in [0.5, 0.6) is 0 Å². The average molecular weight is 223 g/mol. The Morgan fingerprint density at radius 2 is 1.25 bits per heavy atom. The number of nitrogens with zero attached hydrogens (tertiary/aromatic N) is 1. The molecular formula is C13H25N3. The number of nitrogens with two attached hydrogens (primary N) is 2. The van der Waals surface area contributed by atoms with Crippen LogP contribution in [0.1, 0.15) is 38.5 Å². The van der Waals surface area contributed by atoms with Crippen molar-refractivity contribution in [2.75, 3.05) is 7.05 Å². The van der Waals surface area contributed by atoms with Crippen LogP contribution in [0.25, 0.3) is 0 Å². The van der Waals surface area contributed by atoms with E-state index in [-0.39, 0.29) is 0 Å². The van der Waals surface area contributed by atoms with Gasteiger partial charge in [0.05, 0.1) is 0 Å². The molecule has 0 aromatic heterocycles. The molecule has 3 aliphatic rings. The third kappa shape index (κ3) is 1.60. The molecule has 0 amide bonds. The Morgan fingerprint density at radius 3 is 1.69 bits per heavy atom. The summed E-state index contributed by atoms with van der Waals surface area (Å²) in [4.78, 5) is 2.66. The van der Waals surface area contributed by atoms with Gasteiger partial charge < -0.3 is 11.5 Å². The van der Waals surface area contributed by atoms with Gasteiger partial charge in [-0.25, -0.2) is 0 Å². The standard InChI is InChI=1S/C13H25N3/c1-16-12-4-2-8(14)6-10(12)11-7-9(15)3-5-13(11)16/h8-13H,2-7,14-15H2,1H3. The molecule has 1 saturated heterocycles. The van der Waals surface area contributed by atoms with Crippen molar-refractivity contribution in [1.82, 2.24) is 4.90 Å². The molecule has 92 valence electrons. The first-order valence-electron chi connectivity index (χ1n) is 6.90. The fourth-order valence-corrected chi connectivity index (χ4v) is 4.62. The van der Waals surface area contributed by atoms with E-state index in [1.807, 2.05) is 0 Å². The van der Waals surface area contributed by atoms with E-state index >= 15 is 0 Å². The van der Waals surface area contributed by atoms with Crippen molar-refractivity contribution in [3.63, 3.8) is 0 Å². The second kappa shape index (κ2) is 3.97. The van der Waals surface area contributed by atoms with E-state index in [4.69, 9.17) is 11.5 Å². The highest BCUT2D eigenvalue weighted by Gasteiger charge is 2.50. The van der Waals surface area contributed by atoms with Crippen molar-refractivity contribution in [3.8, 4) is 0 Å². The summed E-state index contributed by atoms with van der Waals surface area (Å²) >= 11 is 0. The van der Waals surface area contributed by atoms with E-state index in [2.05, 4.69) is 11.9 Å². The van der Waals surface area contributed by atoms with Crippen LogP contribution in [-0.4, -0.2) is 36.1 Å². The number of fused-ring (bicyclic) bond motifs is 3. The Bertz CT molecular complexity index is 242. The van der Waals surface area contributed by atoms with Gasteiger partial charge in [-0.1, -0.05) is 0 Å². The number of likely N-dealkylation sites (tertiary alicyclic amines) is 1. The molecule has 3 heteroatoms. The molecule has 3 fully saturated rings. The summed E-state index contributed by atoms with van der Waals surface area (Å²) in [5.74, 6) is 1.68. The van der Waals surface area contributed by atoms with Crippen molar-refractivity contribution in [2.24, 2.45) is 23.3 Å². The third-order valence-corrected chi connectivity index (χ3v) is 5.40. The van der Waals surface area contributed by atoms with Gasteiger partial charge in [-0.2, -0.15) is 0 Å². The van der Waals surface area contributed by atoms with Crippen LogP contribution in [0.3, 0.4) is 0 Å². The SMILES string of the molecule is CN1C2CCC(N)CC2C2CC(N)CCC21. The fraction of sp³-hybridized carbons (Fsp3) is 1.00. The van der Waals surface area contributed by atoms with Crippen LogP contribution in [0.2, 0.25) is 0 Å². The van der Waals surface area contributed by atoms with Gasteiger partial charge in [0, 0.05) is 24.2 Å². The second-order valence-corrected chi connectivity index (χ2v) is 6.27. The van der Waals surface area contributed by atoms with Crippen LogP contribution >= 0.6 is 0 Å². The Morgan fingerprint density at radius 1 is 0.812 bits per heavy atom. The molecule has 0 radical (unpaired) electrons. The quantitative estimate of drug-likeness (QED) is 0.642. The fourth-order valence-electron chi connectivity index (χ4n) is 4.62. The predicted molar refractivity (Wildman–Crippen MR) is 66.0 cm³/mol. The molecule has 6 unspecified atom stereocenters. The number of hydrogen-bond donors (Lipinski definition) is 2. The van der Waals surface area contributed by atoms with Crippen LogP contribution < -0.4 is 11.5 Å². The molecule has 16 heavy (non-hydrogen) atoms. The maximum atomic E-state index is 6.14. The predicted octanol–water partition coefficient (Wildman–Crippen LogP) is 0.924. The van der Waals surface area contributed by atoms with Crippen molar-refractivity contribution < 1.29 is 0 Å². The van der Waals surface area contributed by atoms with E-state index in [0.29, 0.717) is 12.1 Å². The highest BCUT2D eigenvalue weighted by atomic mass is 15.2. The molecular weight excluding hydrogens is 198 g/mol. The Labute approximate surface area is 98.5 Å². The minimum Gasteiger partial charge on any atom is -0.328 e. The van der Waals surface area contributed by atoms with Gasteiger partial charge in [0.15, 0.2) is 0 Å². The maximum Gasteiger partial charge on any atom is 0.0128 e.